The summed E-state index contributed by atoms with van der Waals surface area (Å²) in [5.74, 6) is -2.05. The first-order chi connectivity index (χ1) is 21.3. The first-order valence-corrected chi connectivity index (χ1v) is 13.3. The Labute approximate surface area is 258 Å². The molecule has 0 saturated carbocycles. The zero-order valence-electron chi connectivity index (χ0n) is 25.4. The lowest BCUT2D eigenvalue weighted by Crippen LogP contribution is -2.63. The maximum absolute atomic E-state index is 11.8. The molecule has 1 heterocycles. The normalized spacial score (nSPS) is 20.2. The number of carbonyl (C=O) groups is 6. The molecule has 1 N–H and O–H groups in total. The van der Waals surface area contributed by atoms with E-state index in [0.717, 1.165) is 20.8 Å². The molecule has 2 aromatic rings. The molecular formula is C30H34O15. The van der Waals surface area contributed by atoms with Gasteiger partial charge < -0.3 is 43.0 Å². The zero-order chi connectivity index (χ0) is 33.7. The van der Waals surface area contributed by atoms with Gasteiger partial charge in [0.2, 0.25) is 12.4 Å². The predicted molar refractivity (Wildman–Crippen MR) is 151 cm³/mol. The van der Waals surface area contributed by atoms with Crippen LogP contribution in [-0.4, -0.2) is 93.1 Å². The quantitative estimate of drug-likeness (QED) is 0.214. The van der Waals surface area contributed by atoms with Crippen molar-refractivity contribution in [1.82, 2.24) is 0 Å². The number of esters is 4. The summed E-state index contributed by atoms with van der Waals surface area (Å²) < 4.78 is 42.6. The highest BCUT2D eigenvalue weighted by Gasteiger charge is 2.53. The Bertz CT molecular complexity index is 1370. The number of hydrogen-bond donors (Lipinski definition) is 1. The fraction of sp³-hybridized carbons (Fsp3) is 0.400. The smallest absolute Gasteiger partial charge is 0.303 e. The van der Waals surface area contributed by atoms with E-state index < -0.39 is 54.6 Å². The van der Waals surface area contributed by atoms with E-state index in [4.69, 9.17) is 43.0 Å². The van der Waals surface area contributed by atoms with Gasteiger partial charge in [-0.3, -0.25) is 28.8 Å². The highest BCUT2D eigenvalue weighted by Crippen LogP contribution is 2.32. The minimum absolute atomic E-state index is 0.0902. The van der Waals surface area contributed by atoms with E-state index in [1.165, 1.54) is 57.5 Å². The van der Waals surface area contributed by atoms with Gasteiger partial charge >= 0.3 is 23.9 Å². The molecule has 1 saturated heterocycles. The molecule has 15 nitrogen and oxygen atoms in total. The van der Waals surface area contributed by atoms with Crippen LogP contribution in [0.25, 0.3) is 0 Å². The van der Waals surface area contributed by atoms with Crippen molar-refractivity contribution in [3.63, 3.8) is 0 Å². The van der Waals surface area contributed by atoms with Gasteiger partial charge in [-0.15, -0.1) is 0 Å². The van der Waals surface area contributed by atoms with Gasteiger partial charge in [0.1, 0.15) is 35.7 Å². The lowest BCUT2D eigenvalue weighted by atomic mass is 9.98. The SMILES string of the molecule is COc1cc(O)ccc1C=O.COc1cc(O[C@@H]2O[C@H](COC(C)=O)[C@@H](OC(C)=O)[C@H](OC(C)=O)[C@H]2OC(C)=O)ccc1C=O. The fourth-order valence-electron chi connectivity index (χ4n) is 4.08. The molecule has 244 valence electrons. The van der Waals surface area contributed by atoms with Crippen LogP contribution >= 0.6 is 0 Å². The third kappa shape index (κ3) is 10.8. The molecule has 1 aliphatic rings. The summed E-state index contributed by atoms with van der Waals surface area (Å²) in [6.45, 7) is 4.15. The van der Waals surface area contributed by atoms with Crippen molar-refractivity contribution in [2.45, 2.75) is 58.4 Å². The molecule has 0 radical (unpaired) electrons. The second-order valence-corrected chi connectivity index (χ2v) is 9.25. The molecule has 3 rings (SSSR count). The van der Waals surface area contributed by atoms with Gasteiger partial charge in [0.05, 0.1) is 25.3 Å². The van der Waals surface area contributed by atoms with Crippen LogP contribution in [0.15, 0.2) is 36.4 Å². The first kappa shape index (κ1) is 36.0. The number of rotatable bonds is 11. The molecule has 0 spiro atoms. The number of phenols is 1. The topological polar surface area (TPSA) is 196 Å². The molecule has 1 fully saturated rings. The molecule has 0 amide bonds. The Morgan fingerprint density at radius 3 is 1.76 bits per heavy atom. The van der Waals surface area contributed by atoms with E-state index in [1.807, 2.05) is 0 Å². The molecule has 5 atom stereocenters. The second-order valence-electron chi connectivity index (χ2n) is 9.25. The molecule has 45 heavy (non-hydrogen) atoms. The van der Waals surface area contributed by atoms with Gasteiger partial charge in [0.15, 0.2) is 24.8 Å². The van der Waals surface area contributed by atoms with Crippen molar-refractivity contribution < 1.29 is 71.8 Å². The number of methoxy groups -OCH3 is 2. The Kier molecular flexibility index (Phi) is 13.8. The number of aromatic hydroxyl groups is 1. The van der Waals surface area contributed by atoms with Gasteiger partial charge in [-0.1, -0.05) is 0 Å². The van der Waals surface area contributed by atoms with Crippen molar-refractivity contribution in [2.24, 2.45) is 0 Å². The number of hydrogen-bond acceptors (Lipinski definition) is 15. The second kappa shape index (κ2) is 17.2. The maximum atomic E-state index is 11.8. The van der Waals surface area contributed by atoms with Crippen LogP contribution in [-0.2, 0) is 42.9 Å². The zero-order valence-corrected chi connectivity index (χ0v) is 25.4. The molecule has 0 bridgehead atoms. The van der Waals surface area contributed by atoms with Gasteiger partial charge in [-0.2, -0.15) is 0 Å². The summed E-state index contributed by atoms with van der Waals surface area (Å²) in [6.07, 6.45) is -5.30. The molecule has 15 heteroatoms. The minimum Gasteiger partial charge on any atom is -0.508 e. The standard InChI is InChI=1S/C22H26O12.C8H8O3/c1-11(24)29-10-18-19(30-12(2)25)20(31-13(3)26)21(32-14(4)27)22(34-18)33-16-7-6-15(9-23)17(8-16)28-5;1-11-8-4-7(10)3-2-6(8)5-9/h6-9,18-22H,10H2,1-5H3;2-5,10H,1H3/t18-,19-,20+,21-,22-;/m1./s1. The van der Waals surface area contributed by atoms with Crippen LogP contribution in [0.2, 0.25) is 0 Å². The summed E-state index contributed by atoms with van der Waals surface area (Å²) >= 11 is 0. The Balaban J connectivity index is 0.000000537. The van der Waals surface area contributed by atoms with Crippen LogP contribution in [0.5, 0.6) is 23.0 Å². The van der Waals surface area contributed by atoms with Gasteiger partial charge in [0, 0.05) is 39.8 Å². The first-order valence-electron chi connectivity index (χ1n) is 13.3. The van der Waals surface area contributed by atoms with Crippen LogP contribution in [0.4, 0.5) is 0 Å². The molecule has 1 aliphatic heterocycles. The average Bonchev–Trinajstić information content (AvgIpc) is 2.98. The molecule has 0 unspecified atom stereocenters. The monoisotopic (exact) mass is 634 g/mol. The fourth-order valence-corrected chi connectivity index (χ4v) is 4.08. The van der Waals surface area contributed by atoms with Gasteiger partial charge in [0.25, 0.3) is 0 Å². The molecule has 0 aliphatic carbocycles. The Morgan fingerprint density at radius 2 is 1.24 bits per heavy atom. The number of phenolic OH excluding ortho intramolecular Hbond substituents is 1. The maximum Gasteiger partial charge on any atom is 0.303 e. The summed E-state index contributed by atoms with van der Waals surface area (Å²) in [6, 6.07) is 8.61. The number of aldehydes is 2. The highest BCUT2D eigenvalue weighted by molar-refractivity contribution is 5.80. The lowest BCUT2D eigenvalue weighted by Gasteiger charge is -2.43. The van der Waals surface area contributed by atoms with E-state index in [9.17, 15) is 28.8 Å². The van der Waals surface area contributed by atoms with Crippen LogP contribution in [0.3, 0.4) is 0 Å². The average molecular weight is 635 g/mol. The Morgan fingerprint density at radius 1 is 0.733 bits per heavy atom. The predicted octanol–water partition coefficient (Wildman–Crippen LogP) is 2.18. The van der Waals surface area contributed by atoms with Crippen molar-refractivity contribution in [1.29, 1.82) is 0 Å². The van der Waals surface area contributed by atoms with Crippen molar-refractivity contribution in [3.05, 3.63) is 47.5 Å². The van der Waals surface area contributed by atoms with Crippen molar-refractivity contribution in [3.8, 4) is 23.0 Å². The van der Waals surface area contributed by atoms with E-state index in [2.05, 4.69) is 0 Å². The Hall–Kier alpha value is -5.18. The van der Waals surface area contributed by atoms with E-state index in [1.54, 1.807) is 0 Å². The highest BCUT2D eigenvalue weighted by atomic mass is 16.7. The molecular weight excluding hydrogens is 600 g/mol. The van der Waals surface area contributed by atoms with E-state index >= 15 is 0 Å². The van der Waals surface area contributed by atoms with Crippen molar-refractivity contribution >= 4 is 36.4 Å². The number of carbonyl (C=O) groups excluding carboxylic acids is 6. The molecule has 2 aromatic carbocycles. The summed E-state index contributed by atoms with van der Waals surface area (Å²) in [7, 11) is 2.81. The van der Waals surface area contributed by atoms with Gasteiger partial charge in [-0.05, 0) is 24.3 Å². The van der Waals surface area contributed by atoms with Crippen LogP contribution in [0.1, 0.15) is 48.4 Å². The lowest BCUT2D eigenvalue weighted by molar-refractivity contribution is -0.288. The van der Waals surface area contributed by atoms with Crippen molar-refractivity contribution in [2.75, 3.05) is 20.8 Å². The van der Waals surface area contributed by atoms with E-state index in [-0.39, 0.29) is 29.4 Å². The number of ether oxygens (including phenoxy) is 8. The molecule has 0 aromatic heterocycles. The van der Waals surface area contributed by atoms with Gasteiger partial charge in [-0.25, -0.2) is 0 Å². The summed E-state index contributed by atoms with van der Waals surface area (Å²) in [5, 5.41) is 8.97. The summed E-state index contributed by atoms with van der Waals surface area (Å²) in [5.41, 5.74) is 0.696. The summed E-state index contributed by atoms with van der Waals surface area (Å²) in [4.78, 5) is 68.3. The van der Waals surface area contributed by atoms with Crippen LogP contribution in [0, 0.1) is 0 Å². The minimum atomic E-state index is -1.40. The van der Waals surface area contributed by atoms with Crippen LogP contribution < -0.4 is 14.2 Å². The van der Waals surface area contributed by atoms with E-state index in [0.29, 0.717) is 23.9 Å². The third-order valence-corrected chi connectivity index (χ3v) is 5.88. The third-order valence-electron chi connectivity index (χ3n) is 5.88. The largest absolute Gasteiger partial charge is 0.508 e. The number of benzene rings is 2.